The number of hydrogen-bond acceptors (Lipinski definition) is 4. The Balaban J connectivity index is 1.49. The number of amides is 1. The van der Waals surface area contributed by atoms with Crippen molar-refractivity contribution in [1.82, 2.24) is 25.5 Å². The van der Waals surface area contributed by atoms with Crippen LogP contribution in [0.25, 0.3) is 11.4 Å². The molecule has 0 bridgehead atoms. The summed E-state index contributed by atoms with van der Waals surface area (Å²) >= 11 is 0. The van der Waals surface area contributed by atoms with Crippen molar-refractivity contribution in [3.05, 3.63) is 102 Å². The van der Waals surface area contributed by atoms with Gasteiger partial charge in [-0.05, 0) is 23.3 Å². The second-order valence-corrected chi connectivity index (χ2v) is 6.83. The average Bonchev–Trinajstić information content (AvgIpc) is 3.22. The molecule has 6 heteroatoms. The lowest BCUT2D eigenvalue weighted by Crippen LogP contribution is -2.32. The number of rotatable bonds is 6. The van der Waals surface area contributed by atoms with Crippen molar-refractivity contribution in [1.29, 1.82) is 0 Å². The van der Waals surface area contributed by atoms with Crippen LogP contribution in [0.3, 0.4) is 0 Å². The molecule has 0 atom stereocenters. The molecule has 4 rings (SSSR count). The van der Waals surface area contributed by atoms with Crippen molar-refractivity contribution < 1.29 is 4.79 Å². The van der Waals surface area contributed by atoms with Crippen LogP contribution >= 0.6 is 0 Å². The van der Waals surface area contributed by atoms with E-state index in [0.29, 0.717) is 5.82 Å². The fraction of sp³-hybridized carbons (Fsp3) is 0.130. The van der Waals surface area contributed by atoms with E-state index in [9.17, 15) is 4.79 Å². The molecule has 144 valence electrons. The van der Waals surface area contributed by atoms with Crippen LogP contribution in [0.4, 0.5) is 0 Å². The monoisotopic (exact) mass is 383 g/mol. The Hall–Kier alpha value is -3.80. The molecule has 1 amide bonds. The second kappa shape index (κ2) is 8.48. The molecule has 1 aromatic heterocycles. The number of benzene rings is 3. The zero-order valence-electron chi connectivity index (χ0n) is 16.1. The van der Waals surface area contributed by atoms with E-state index in [4.69, 9.17) is 0 Å². The quantitative estimate of drug-likeness (QED) is 0.553. The molecule has 0 fully saturated rings. The maximum atomic E-state index is 12.7. The summed E-state index contributed by atoms with van der Waals surface area (Å²) in [5.74, 6) is 0.316. The summed E-state index contributed by atoms with van der Waals surface area (Å²) in [6, 6.07) is 27.4. The second-order valence-electron chi connectivity index (χ2n) is 6.83. The Kier molecular flexibility index (Phi) is 5.42. The molecule has 0 saturated heterocycles. The van der Waals surface area contributed by atoms with Gasteiger partial charge in [0.25, 0.3) is 0 Å². The van der Waals surface area contributed by atoms with Gasteiger partial charge in [0.2, 0.25) is 11.7 Å². The molecule has 0 spiro atoms. The number of carbonyl (C=O) groups excluding carboxylic acids is 1. The summed E-state index contributed by atoms with van der Waals surface area (Å²) in [5, 5.41) is 15.5. The van der Waals surface area contributed by atoms with Crippen molar-refractivity contribution in [2.24, 2.45) is 0 Å². The molecular formula is C23H21N5O. The fourth-order valence-electron chi connectivity index (χ4n) is 3.11. The molecule has 6 nitrogen and oxygen atoms in total. The van der Waals surface area contributed by atoms with Gasteiger partial charge < -0.3 is 5.32 Å². The highest BCUT2D eigenvalue weighted by atomic mass is 16.2. The maximum Gasteiger partial charge on any atom is 0.244 e. The van der Waals surface area contributed by atoms with Crippen molar-refractivity contribution in [2.75, 3.05) is 0 Å². The molecule has 0 aliphatic rings. The van der Waals surface area contributed by atoms with Crippen LogP contribution < -0.4 is 5.32 Å². The third-order valence-electron chi connectivity index (χ3n) is 4.62. The molecule has 4 aromatic rings. The lowest BCUT2D eigenvalue weighted by atomic mass is 9.99. The number of carbonyl (C=O) groups is 1. The highest BCUT2D eigenvalue weighted by Gasteiger charge is 2.17. The molecule has 3 aromatic carbocycles. The van der Waals surface area contributed by atoms with E-state index in [1.165, 1.54) is 4.80 Å². The summed E-state index contributed by atoms with van der Waals surface area (Å²) < 4.78 is 0. The first-order valence-corrected chi connectivity index (χ1v) is 9.43. The lowest BCUT2D eigenvalue weighted by molar-refractivity contribution is -0.122. The van der Waals surface area contributed by atoms with E-state index in [1.807, 2.05) is 91.9 Å². The van der Waals surface area contributed by atoms with Gasteiger partial charge in [0.15, 0.2) is 0 Å². The fourth-order valence-corrected chi connectivity index (χ4v) is 3.11. The minimum Gasteiger partial charge on any atom is -0.344 e. The molecular weight excluding hydrogens is 362 g/mol. The SMILES string of the molecule is Cc1ccc(-c2nnn(CC(=O)NC(c3ccccc3)c3ccccc3)n2)cc1. The van der Waals surface area contributed by atoms with Crippen molar-refractivity contribution in [3.8, 4) is 11.4 Å². The molecule has 1 heterocycles. The van der Waals surface area contributed by atoms with E-state index in [2.05, 4.69) is 20.7 Å². The molecule has 29 heavy (non-hydrogen) atoms. The number of aryl methyl sites for hydroxylation is 1. The van der Waals surface area contributed by atoms with E-state index in [-0.39, 0.29) is 18.5 Å². The molecule has 0 unspecified atom stereocenters. The van der Waals surface area contributed by atoms with Crippen LogP contribution in [0, 0.1) is 6.92 Å². The van der Waals surface area contributed by atoms with E-state index < -0.39 is 0 Å². The number of aromatic nitrogens is 4. The predicted octanol–water partition coefficient (Wildman–Crippen LogP) is 3.55. The van der Waals surface area contributed by atoms with Crippen LogP contribution in [0.2, 0.25) is 0 Å². The zero-order valence-corrected chi connectivity index (χ0v) is 16.1. The number of hydrogen-bond donors (Lipinski definition) is 1. The summed E-state index contributed by atoms with van der Waals surface area (Å²) in [7, 11) is 0. The Morgan fingerprint density at radius 3 is 2.07 bits per heavy atom. The summed E-state index contributed by atoms with van der Waals surface area (Å²) in [5.41, 5.74) is 4.06. The average molecular weight is 383 g/mol. The lowest BCUT2D eigenvalue weighted by Gasteiger charge is -2.19. The largest absolute Gasteiger partial charge is 0.344 e. The van der Waals surface area contributed by atoms with Gasteiger partial charge in [-0.15, -0.1) is 10.2 Å². The van der Waals surface area contributed by atoms with Crippen LogP contribution in [0.1, 0.15) is 22.7 Å². The van der Waals surface area contributed by atoms with Gasteiger partial charge in [-0.25, -0.2) is 0 Å². The van der Waals surface area contributed by atoms with E-state index in [0.717, 1.165) is 22.3 Å². The standard InChI is InChI=1S/C23H21N5O/c1-17-12-14-20(15-13-17)23-25-27-28(26-23)16-21(29)24-22(18-8-4-2-5-9-18)19-10-6-3-7-11-19/h2-15,22H,16H2,1H3,(H,24,29). The number of nitrogens with one attached hydrogen (secondary N) is 1. The van der Waals surface area contributed by atoms with E-state index in [1.54, 1.807) is 0 Å². The van der Waals surface area contributed by atoms with Crippen LogP contribution in [0.5, 0.6) is 0 Å². The Labute approximate surface area is 169 Å². The van der Waals surface area contributed by atoms with Crippen molar-refractivity contribution in [3.63, 3.8) is 0 Å². The predicted molar refractivity (Wildman–Crippen MR) is 111 cm³/mol. The van der Waals surface area contributed by atoms with Gasteiger partial charge >= 0.3 is 0 Å². The van der Waals surface area contributed by atoms with E-state index >= 15 is 0 Å². The molecule has 0 saturated carbocycles. The van der Waals surface area contributed by atoms with Crippen molar-refractivity contribution in [2.45, 2.75) is 19.5 Å². The minimum atomic E-state index is -0.245. The van der Waals surface area contributed by atoms with Crippen LogP contribution in [-0.2, 0) is 11.3 Å². The zero-order chi connectivity index (χ0) is 20.1. The van der Waals surface area contributed by atoms with Crippen LogP contribution in [-0.4, -0.2) is 26.1 Å². The Morgan fingerprint density at radius 1 is 0.897 bits per heavy atom. The minimum absolute atomic E-state index is 0.00493. The van der Waals surface area contributed by atoms with Gasteiger partial charge in [0.05, 0.1) is 6.04 Å². The third-order valence-corrected chi connectivity index (χ3v) is 4.62. The molecule has 0 aliphatic heterocycles. The Morgan fingerprint density at radius 2 is 1.48 bits per heavy atom. The summed E-state index contributed by atoms with van der Waals surface area (Å²) in [6.45, 7) is 2.02. The maximum absolute atomic E-state index is 12.7. The summed E-state index contributed by atoms with van der Waals surface area (Å²) in [4.78, 5) is 14.0. The normalized spacial score (nSPS) is 10.8. The van der Waals surface area contributed by atoms with Gasteiger partial charge in [-0.3, -0.25) is 4.79 Å². The van der Waals surface area contributed by atoms with Crippen molar-refractivity contribution >= 4 is 5.91 Å². The molecule has 0 aliphatic carbocycles. The van der Waals surface area contributed by atoms with Gasteiger partial charge in [0.1, 0.15) is 6.54 Å². The topological polar surface area (TPSA) is 72.7 Å². The van der Waals surface area contributed by atoms with Gasteiger partial charge in [-0.2, -0.15) is 4.80 Å². The third kappa shape index (κ3) is 4.55. The molecule has 1 N–H and O–H groups in total. The molecule has 0 radical (unpaired) electrons. The van der Waals surface area contributed by atoms with Crippen LogP contribution in [0.15, 0.2) is 84.9 Å². The number of tetrazole rings is 1. The first-order valence-electron chi connectivity index (χ1n) is 9.43. The first-order chi connectivity index (χ1) is 14.2. The highest BCUT2D eigenvalue weighted by Crippen LogP contribution is 2.21. The highest BCUT2D eigenvalue weighted by molar-refractivity contribution is 5.76. The Bertz CT molecular complexity index is 1040. The van der Waals surface area contributed by atoms with Gasteiger partial charge in [0, 0.05) is 5.56 Å². The smallest absolute Gasteiger partial charge is 0.244 e. The first kappa shape index (κ1) is 18.6. The summed E-state index contributed by atoms with van der Waals surface area (Å²) in [6.07, 6.45) is 0. The number of nitrogens with zero attached hydrogens (tertiary/aromatic N) is 4. The van der Waals surface area contributed by atoms with Gasteiger partial charge in [-0.1, -0.05) is 90.5 Å².